The van der Waals surface area contributed by atoms with Crippen LogP contribution in [-0.2, 0) is 16.1 Å². The van der Waals surface area contributed by atoms with Crippen molar-refractivity contribution < 1.29 is 9.53 Å². The summed E-state index contributed by atoms with van der Waals surface area (Å²) in [5.41, 5.74) is -0.174. The molecule has 0 aromatic carbocycles. The summed E-state index contributed by atoms with van der Waals surface area (Å²) in [6.07, 6.45) is 2.97. The first-order valence-corrected chi connectivity index (χ1v) is 7.97. The van der Waals surface area contributed by atoms with Gasteiger partial charge in [0.2, 0.25) is 0 Å². The third kappa shape index (κ3) is 3.69. The van der Waals surface area contributed by atoms with Gasteiger partial charge in [0.1, 0.15) is 17.2 Å². The van der Waals surface area contributed by atoms with E-state index in [0.29, 0.717) is 17.8 Å². The molecular weight excluding hydrogens is 288 g/mol. The molecule has 0 fully saturated rings. The molecule has 0 bridgehead atoms. The van der Waals surface area contributed by atoms with Gasteiger partial charge in [0, 0.05) is 4.88 Å². The van der Waals surface area contributed by atoms with Crippen LogP contribution in [0, 0.1) is 13.8 Å². The predicted octanol–water partition coefficient (Wildman–Crippen LogP) is 2.81. The van der Waals surface area contributed by atoms with Crippen LogP contribution in [-0.4, -0.2) is 22.1 Å². The third-order valence-electron chi connectivity index (χ3n) is 3.26. The number of aryl methyl sites for hydroxylation is 2. The van der Waals surface area contributed by atoms with Crippen molar-refractivity contribution in [3.05, 3.63) is 27.1 Å². The lowest BCUT2D eigenvalue weighted by Crippen LogP contribution is -2.28. The number of carbonyl (C=O) groups excluding carboxylic acids is 1. The number of hydrogen-bond donors (Lipinski definition) is 0. The minimum Gasteiger partial charge on any atom is -0.464 e. The maximum atomic E-state index is 12.4. The number of aromatic nitrogens is 2. The Hall–Kier alpha value is -1.69. The lowest BCUT2D eigenvalue weighted by Gasteiger charge is -2.09. The molecule has 0 aliphatic rings. The summed E-state index contributed by atoms with van der Waals surface area (Å²) >= 11 is 1.49. The minimum atomic E-state index is -0.385. The van der Waals surface area contributed by atoms with Crippen LogP contribution in [0.15, 0.2) is 10.9 Å². The van der Waals surface area contributed by atoms with Crippen LogP contribution in [0.4, 0.5) is 0 Å². The van der Waals surface area contributed by atoms with Gasteiger partial charge in [-0.25, -0.2) is 4.98 Å². The molecule has 2 heterocycles. The van der Waals surface area contributed by atoms with Crippen LogP contribution >= 0.6 is 11.3 Å². The zero-order chi connectivity index (χ0) is 15.4. The number of unbranched alkanes of at least 4 members (excludes halogenated alkanes) is 2. The standard InChI is InChI=1S/C15H20N2O3S/c1-4-5-6-7-20-13(18)9-17-11(3)16-14-12(15(17)19)8-10(2)21-14/h8H,4-7,9H2,1-3H3. The number of carbonyl (C=O) groups is 1. The van der Waals surface area contributed by atoms with Gasteiger partial charge in [0.15, 0.2) is 0 Å². The molecule has 0 amide bonds. The topological polar surface area (TPSA) is 61.2 Å². The molecule has 0 aliphatic heterocycles. The van der Waals surface area contributed by atoms with Gasteiger partial charge in [-0.2, -0.15) is 0 Å². The monoisotopic (exact) mass is 308 g/mol. The van der Waals surface area contributed by atoms with Crippen molar-refractivity contribution in [1.29, 1.82) is 0 Å². The largest absolute Gasteiger partial charge is 0.464 e. The van der Waals surface area contributed by atoms with Gasteiger partial charge in [0.25, 0.3) is 5.56 Å². The predicted molar refractivity (Wildman–Crippen MR) is 83.8 cm³/mol. The Morgan fingerprint density at radius 1 is 1.38 bits per heavy atom. The Balaban J connectivity index is 2.14. The van der Waals surface area contributed by atoms with Crippen LogP contribution in [0.25, 0.3) is 10.2 Å². The highest BCUT2D eigenvalue weighted by molar-refractivity contribution is 7.18. The van der Waals surface area contributed by atoms with Crippen LogP contribution in [0.5, 0.6) is 0 Å². The van der Waals surface area contributed by atoms with Crippen molar-refractivity contribution in [2.45, 2.75) is 46.6 Å². The Bertz CT molecular complexity index is 703. The number of ether oxygens (including phenoxy) is 1. The fourth-order valence-electron chi connectivity index (χ4n) is 2.14. The van der Waals surface area contributed by atoms with E-state index >= 15 is 0 Å². The third-order valence-corrected chi connectivity index (χ3v) is 4.21. The Kier molecular flexibility index (Phi) is 5.12. The van der Waals surface area contributed by atoms with Gasteiger partial charge in [-0.3, -0.25) is 14.2 Å². The second-order valence-electron chi connectivity index (χ2n) is 5.05. The van der Waals surface area contributed by atoms with E-state index < -0.39 is 0 Å². The van der Waals surface area contributed by atoms with Crippen LogP contribution in [0.3, 0.4) is 0 Å². The van der Waals surface area contributed by atoms with Crippen molar-refractivity contribution in [3.63, 3.8) is 0 Å². The Morgan fingerprint density at radius 2 is 2.14 bits per heavy atom. The van der Waals surface area contributed by atoms with E-state index in [1.165, 1.54) is 15.9 Å². The minimum absolute atomic E-state index is 0.0748. The average Bonchev–Trinajstić information content (AvgIpc) is 2.80. The maximum Gasteiger partial charge on any atom is 0.326 e. The molecule has 114 valence electrons. The Morgan fingerprint density at radius 3 is 2.86 bits per heavy atom. The number of thiophene rings is 1. The first kappa shape index (κ1) is 15.7. The molecule has 0 spiro atoms. The highest BCUT2D eigenvalue weighted by Crippen LogP contribution is 2.20. The van der Waals surface area contributed by atoms with Crippen LogP contribution in [0.2, 0.25) is 0 Å². The number of nitrogens with zero attached hydrogens (tertiary/aromatic N) is 2. The number of fused-ring (bicyclic) bond motifs is 1. The van der Waals surface area contributed by atoms with Gasteiger partial charge < -0.3 is 4.74 Å². The summed E-state index contributed by atoms with van der Waals surface area (Å²) < 4.78 is 6.54. The fourth-order valence-corrected chi connectivity index (χ4v) is 3.05. The van der Waals surface area contributed by atoms with E-state index in [9.17, 15) is 9.59 Å². The molecule has 2 aromatic heterocycles. The highest BCUT2D eigenvalue weighted by atomic mass is 32.1. The molecule has 21 heavy (non-hydrogen) atoms. The zero-order valence-corrected chi connectivity index (χ0v) is 13.5. The smallest absolute Gasteiger partial charge is 0.326 e. The van der Waals surface area contributed by atoms with Crippen molar-refractivity contribution in [2.24, 2.45) is 0 Å². The molecule has 0 saturated carbocycles. The van der Waals surface area contributed by atoms with Gasteiger partial charge in [-0.05, 0) is 26.3 Å². The first-order valence-electron chi connectivity index (χ1n) is 7.16. The number of rotatable bonds is 6. The molecule has 0 N–H and O–H groups in total. The van der Waals surface area contributed by atoms with Crippen molar-refractivity contribution in [2.75, 3.05) is 6.61 Å². The molecule has 0 atom stereocenters. The van der Waals surface area contributed by atoms with Gasteiger partial charge in [-0.1, -0.05) is 19.8 Å². The SMILES string of the molecule is CCCCCOC(=O)Cn1c(C)nc2sc(C)cc2c1=O. The van der Waals surface area contributed by atoms with Crippen molar-refractivity contribution in [3.8, 4) is 0 Å². The first-order chi connectivity index (χ1) is 10.0. The summed E-state index contributed by atoms with van der Waals surface area (Å²) in [5, 5.41) is 0.571. The molecule has 0 unspecified atom stereocenters. The Labute approximate surface area is 127 Å². The van der Waals surface area contributed by atoms with Crippen molar-refractivity contribution >= 4 is 27.5 Å². The highest BCUT2D eigenvalue weighted by Gasteiger charge is 2.13. The molecule has 0 aliphatic carbocycles. The molecule has 0 radical (unpaired) electrons. The van der Waals surface area contributed by atoms with E-state index in [0.717, 1.165) is 29.0 Å². The lowest BCUT2D eigenvalue weighted by molar-refractivity contribution is -0.144. The fraction of sp³-hybridized carbons (Fsp3) is 0.533. The van der Waals surface area contributed by atoms with E-state index in [1.54, 1.807) is 6.92 Å². The summed E-state index contributed by atoms with van der Waals surface area (Å²) in [6, 6.07) is 1.82. The molecular formula is C15H20N2O3S. The van der Waals surface area contributed by atoms with E-state index in [2.05, 4.69) is 11.9 Å². The van der Waals surface area contributed by atoms with E-state index in [-0.39, 0.29) is 18.1 Å². The summed E-state index contributed by atoms with van der Waals surface area (Å²) in [5.74, 6) is 0.157. The molecule has 2 rings (SSSR count). The number of esters is 1. The normalized spacial score (nSPS) is 11.0. The van der Waals surface area contributed by atoms with Gasteiger partial charge in [0.05, 0.1) is 12.0 Å². The quantitative estimate of drug-likeness (QED) is 0.608. The van der Waals surface area contributed by atoms with E-state index in [1.807, 2.05) is 13.0 Å². The summed E-state index contributed by atoms with van der Waals surface area (Å²) in [6.45, 7) is 6.10. The second-order valence-corrected chi connectivity index (χ2v) is 6.29. The molecule has 2 aromatic rings. The average molecular weight is 308 g/mol. The van der Waals surface area contributed by atoms with Gasteiger partial charge >= 0.3 is 5.97 Å². The molecule has 0 saturated heterocycles. The van der Waals surface area contributed by atoms with Crippen LogP contribution in [0.1, 0.15) is 36.9 Å². The van der Waals surface area contributed by atoms with Crippen LogP contribution < -0.4 is 5.56 Å². The van der Waals surface area contributed by atoms with E-state index in [4.69, 9.17) is 4.74 Å². The van der Waals surface area contributed by atoms with Gasteiger partial charge in [-0.15, -0.1) is 11.3 Å². The number of hydrogen-bond acceptors (Lipinski definition) is 5. The summed E-state index contributed by atoms with van der Waals surface area (Å²) in [7, 11) is 0. The lowest BCUT2D eigenvalue weighted by atomic mass is 10.3. The maximum absolute atomic E-state index is 12.4. The zero-order valence-electron chi connectivity index (χ0n) is 12.6. The summed E-state index contributed by atoms with van der Waals surface area (Å²) in [4.78, 5) is 30.4. The molecule has 6 heteroatoms. The second kappa shape index (κ2) is 6.85. The van der Waals surface area contributed by atoms with Crippen molar-refractivity contribution in [1.82, 2.24) is 9.55 Å². The molecule has 5 nitrogen and oxygen atoms in total.